The molecule has 1 aromatic heterocycles. The van der Waals surface area contributed by atoms with Crippen molar-refractivity contribution in [3.8, 4) is 5.75 Å². The first-order chi connectivity index (χ1) is 16.9. The molecule has 1 atom stereocenters. The number of rotatable bonds is 11. The average Bonchev–Trinajstić information content (AvgIpc) is 2.84. The number of amides is 2. The van der Waals surface area contributed by atoms with Crippen LogP contribution in [0.2, 0.25) is 0 Å². The van der Waals surface area contributed by atoms with Crippen molar-refractivity contribution >= 4 is 17.6 Å². The third-order valence-corrected chi connectivity index (χ3v) is 5.56. The summed E-state index contributed by atoms with van der Waals surface area (Å²) in [5.74, 6) is 0.511. The number of aryl methyl sites for hydroxylation is 3. The second-order valence-electron chi connectivity index (χ2n) is 8.47. The molecule has 1 heterocycles. The van der Waals surface area contributed by atoms with Crippen molar-refractivity contribution in [3.63, 3.8) is 0 Å². The predicted octanol–water partition coefficient (Wildman–Crippen LogP) is 3.73. The standard InChI is InChI=1S/C27H32N4O4/c1-18-15-19(2)25(20(3)16-18)27(33)30-23(26(32)31-34)17-21-8-10-22(11-9-21)35-14-6-13-29-24-7-4-5-12-28-24/h4-5,7-12,15-16,23,34H,6,13-14,17H2,1-3H3,(H,28,29)(H,30,33)(H,31,32)/t23-/m0/s1. The zero-order valence-corrected chi connectivity index (χ0v) is 20.3. The Bertz CT molecular complexity index is 1110. The van der Waals surface area contributed by atoms with E-state index in [1.807, 2.05) is 75.4 Å². The molecule has 0 fully saturated rings. The van der Waals surface area contributed by atoms with Gasteiger partial charge in [-0.2, -0.15) is 0 Å². The molecule has 4 N–H and O–H groups in total. The number of pyridine rings is 1. The van der Waals surface area contributed by atoms with Gasteiger partial charge in [-0.3, -0.25) is 14.8 Å². The SMILES string of the molecule is Cc1cc(C)c(C(=O)N[C@@H](Cc2ccc(OCCCNc3ccccn3)cc2)C(=O)NO)c(C)c1. The van der Waals surface area contributed by atoms with E-state index in [1.54, 1.807) is 11.7 Å². The third kappa shape index (κ3) is 7.55. The Kier molecular flexibility index (Phi) is 9.20. The van der Waals surface area contributed by atoms with E-state index in [0.717, 1.165) is 41.0 Å². The van der Waals surface area contributed by atoms with Crippen molar-refractivity contribution in [2.75, 3.05) is 18.5 Å². The summed E-state index contributed by atoms with van der Waals surface area (Å²) in [5.41, 5.74) is 5.74. The third-order valence-electron chi connectivity index (χ3n) is 5.56. The second kappa shape index (κ2) is 12.5. The highest BCUT2D eigenvalue weighted by Crippen LogP contribution is 2.18. The molecule has 35 heavy (non-hydrogen) atoms. The first-order valence-electron chi connectivity index (χ1n) is 11.6. The maximum absolute atomic E-state index is 12.9. The fraction of sp³-hybridized carbons (Fsp3) is 0.296. The van der Waals surface area contributed by atoms with E-state index < -0.39 is 11.9 Å². The summed E-state index contributed by atoms with van der Waals surface area (Å²) in [6.45, 7) is 6.98. The van der Waals surface area contributed by atoms with Crippen LogP contribution in [0.4, 0.5) is 5.82 Å². The minimum atomic E-state index is -0.933. The van der Waals surface area contributed by atoms with Gasteiger partial charge in [-0.25, -0.2) is 10.5 Å². The van der Waals surface area contributed by atoms with E-state index in [1.165, 1.54) is 0 Å². The first-order valence-corrected chi connectivity index (χ1v) is 11.6. The largest absolute Gasteiger partial charge is 0.494 e. The Morgan fingerprint density at radius 2 is 1.74 bits per heavy atom. The highest BCUT2D eigenvalue weighted by Gasteiger charge is 2.23. The van der Waals surface area contributed by atoms with Crippen LogP contribution in [-0.2, 0) is 11.2 Å². The van der Waals surface area contributed by atoms with Gasteiger partial charge in [-0.15, -0.1) is 0 Å². The van der Waals surface area contributed by atoms with Gasteiger partial charge in [-0.1, -0.05) is 35.9 Å². The summed E-state index contributed by atoms with van der Waals surface area (Å²) in [4.78, 5) is 29.4. The summed E-state index contributed by atoms with van der Waals surface area (Å²) in [6, 6.07) is 16.0. The molecule has 0 aliphatic heterocycles. The van der Waals surface area contributed by atoms with Crippen LogP contribution in [0.15, 0.2) is 60.8 Å². The number of nitrogens with zero attached hydrogens (tertiary/aromatic N) is 1. The maximum atomic E-state index is 12.9. The number of aromatic nitrogens is 1. The summed E-state index contributed by atoms with van der Waals surface area (Å²) in [6.07, 6.45) is 2.77. The van der Waals surface area contributed by atoms with Crippen molar-refractivity contribution in [1.29, 1.82) is 0 Å². The van der Waals surface area contributed by atoms with Gasteiger partial charge in [0.05, 0.1) is 6.61 Å². The van der Waals surface area contributed by atoms with E-state index in [2.05, 4.69) is 15.6 Å². The molecule has 0 spiro atoms. The van der Waals surface area contributed by atoms with E-state index in [0.29, 0.717) is 17.9 Å². The number of carbonyl (C=O) groups excluding carboxylic acids is 2. The first kappa shape index (κ1) is 25.7. The minimum absolute atomic E-state index is 0.219. The molecule has 3 rings (SSSR count). The number of carbonyl (C=O) groups is 2. The molecule has 0 saturated carbocycles. The molecule has 3 aromatic rings. The molecule has 2 aromatic carbocycles. The molecule has 8 nitrogen and oxygen atoms in total. The Morgan fingerprint density at radius 3 is 2.37 bits per heavy atom. The zero-order chi connectivity index (χ0) is 25.2. The van der Waals surface area contributed by atoms with Crippen LogP contribution in [0.25, 0.3) is 0 Å². The van der Waals surface area contributed by atoms with Gasteiger partial charge in [0.15, 0.2) is 0 Å². The van der Waals surface area contributed by atoms with Gasteiger partial charge in [0.25, 0.3) is 11.8 Å². The highest BCUT2D eigenvalue weighted by atomic mass is 16.5. The average molecular weight is 477 g/mol. The van der Waals surface area contributed by atoms with Crippen LogP contribution in [0, 0.1) is 20.8 Å². The summed E-state index contributed by atoms with van der Waals surface area (Å²) >= 11 is 0. The van der Waals surface area contributed by atoms with Gasteiger partial charge >= 0.3 is 0 Å². The van der Waals surface area contributed by atoms with E-state index in [4.69, 9.17) is 4.74 Å². The Morgan fingerprint density at radius 1 is 1.03 bits per heavy atom. The lowest BCUT2D eigenvalue weighted by molar-refractivity contribution is -0.131. The van der Waals surface area contributed by atoms with Crippen molar-refractivity contribution in [2.24, 2.45) is 0 Å². The number of hydrogen-bond acceptors (Lipinski definition) is 6. The predicted molar refractivity (Wildman–Crippen MR) is 135 cm³/mol. The molecule has 2 amide bonds. The van der Waals surface area contributed by atoms with Gasteiger partial charge in [0, 0.05) is 24.7 Å². The van der Waals surface area contributed by atoms with E-state index in [-0.39, 0.29) is 12.3 Å². The normalized spacial score (nSPS) is 11.4. The monoisotopic (exact) mass is 476 g/mol. The van der Waals surface area contributed by atoms with Crippen molar-refractivity contribution < 1.29 is 19.5 Å². The number of anilines is 1. The molecule has 0 radical (unpaired) electrons. The van der Waals surface area contributed by atoms with Gasteiger partial charge in [0.1, 0.15) is 17.6 Å². The number of ether oxygens (including phenoxy) is 1. The lowest BCUT2D eigenvalue weighted by atomic mass is 9.98. The lowest BCUT2D eigenvalue weighted by Gasteiger charge is -2.19. The summed E-state index contributed by atoms with van der Waals surface area (Å²) < 4.78 is 5.78. The molecule has 8 heteroatoms. The van der Waals surface area contributed by atoms with Crippen LogP contribution >= 0.6 is 0 Å². The summed E-state index contributed by atoms with van der Waals surface area (Å²) in [5, 5.41) is 15.2. The number of benzene rings is 2. The number of nitrogens with one attached hydrogen (secondary N) is 3. The molecule has 0 aliphatic rings. The van der Waals surface area contributed by atoms with Crippen LogP contribution in [0.3, 0.4) is 0 Å². The van der Waals surface area contributed by atoms with Crippen molar-refractivity contribution in [1.82, 2.24) is 15.8 Å². The number of hydrogen-bond donors (Lipinski definition) is 4. The molecule has 0 bridgehead atoms. The fourth-order valence-electron chi connectivity index (χ4n) is 3.96. The lowest BCUT2D eigenvalue weighted by Crippen LogP contribution is -2.47. The zero-order valence-electron chi connectivity index (χ0n) is 20.3. The van der Waals surface area contributed by atoms with Gasteiger partial charge in [-0.05, 0) is 68.1 Å². The minimum Gasteiger partial charge on any atom is -0.494 e. The molecular formula is C27H32N4O4. The van der Waals surface area contributed by atoms with E-state index >= 15 is 0 Å². The molecule has 184 valence electrons. The molecule has 0 aliphatic carbocycles. The summed E-state index contributed by atoms with van der Waals surface area (Å²) in [7, 11) is 0. The Balaban J connectivity index is 1.54. The quantitative estimate of drug-likeness (QED) is 0.191. The Hall–Kier alpha value is -3.91. The second-order valence-corrected chi connectivity index (χ2v) is 8.47. The van der Waals surface area contributed by atoms with Crippen LogP contribution in [0.1, 0.15) is 39.0 Å². The molecule has 0 unspecified atom stereocenters. The molecule has 0 saturated heterocycles. The van der Waals surface area contributed by atoms with Crippen LogP contribution in [0.5, 0.6) is 5.75 Å². The van der Waals surface area contributed by atoms with E-state index in [9.17, 15) is 14.8 Å². The smallest absolute Gasteiger partial charge is 0.266 e. The maximum Gasteiger partial charge on any atom is 0.266 e. The topological polar surface area (TPSA) is 113 Å². The molecular weight excluding hydrogens is 444 g/mol. The van der Waals surface area contributed by atoms with Gasteiger partial charge in [0.2, 0.25) is 0 Å². The van der Waals surface area contributed by atoms with Crippen LogP contribution in [-0.4, -0.2) is 41.2 Å². The number of hydroxylamine groups is 1. The van der Waals surface area contributed by atoms with Crippen molar-refractivity contribution in [3.05, 3.63) is 88.6 Å². The van der Waals surface area contributed by atoms with Crippen molar-refractivity contribution in [2.45, 2.75) is 39.7 Å². The highest BCUT2D eigenvalue weighted by molar-refractivity contribution is 5.99. The van der Waals surface area contributed by atoms with Gasteiger partial charge < -0.3 is 15.4 Å². The van der Waals surface area contributed by atoms with Crippen LogP contribution < -0.4 is 20.9 Å². The fourth-order valence-corrected chi connectivity index (χ4v) is 3.96. The Labute approximate surface area is 205 Å².